The summed E-state index contributed by atoms with van der Waals surface area (Å²) in [5.74, 6) is 0. The third kappa shape index (κ3) is 3.93. The smallest absolute Gasteiger partial charge is 0.0638 e. The second-order valence-electron chi connectivity index (χ2n) is 5.33. The van der Waals surface area contributed by atoms with E-state index in [4.69, 9.17) is 5.26 Å². The van der Waals surface area contributed by atoms with Crippen molar-refractivity contribution in [3.05, 3.63) is 71.3 Å². The van der Waals surface area contributed by atoms with Crippen LogP contribution in [-0.2, 0) is 0 Å². The molecule has 2 unspecified atom stereocenters. The zero-order valence-corrected chi connectivity index (χ0v) is 12.7. The minimum atomic E-state index is 0.130. The Balaban J connectivity index is 2.36. The molecule has 0 aliphatic heterocycles. The highest BCUT2D eigenvalue weighted by molar-refractivity contribution is 5.36. The molecule has 0 saturated heterocycles. The predicted molar refractivity (Wildman–Crippen MR) is 86.9 cm³/mol. The molecule has 2 heteroatoms. The van der Waals surface area contributed by atoms with Gasteiger partial charge in [0.25, 0.3) is 0 Å². The van der Waals surface area contributed by atoms with E-state index in [9.17, 15) is 0 Å². The van der Waals surface area contributed by atoms with Gasteiger partial charge in [-0.3, -0.25) is 0 Å². The Kier molecular flexibility index (Phi) is 5.54. The SMILES string of the molecule is CCC(CC#N)NC(c1ccccc1)c1ccccc1C. The van der Waals surface area contributed by atoms with Gasteiger partial charge in [-0.15, -0.1) is 0 Å². The summed E-state index contributed by atoms with van der Waals surface area (Å²) >= 11 is 0. The second kappa shape index (κ2) is 7.61. The lowest BCUT2D eigenvalue weighted by atomic mass is 9.93. The Hall–Kier alpha value is -2.11. The van der Waals surface area contributed by atoms with Crippen molar-refractivity contribution in [2.45, 2.75) is 38.8 Å². The lowest BCUT2D eigenvalue weighted by molar-refractivity contribution is 0.463. The van der Waals surface area contributed by atoms with Crippen molar-refractivity contribution < 1.29 is 0 Å². The van der Waals surface area contributed by atoms with Gasteiger partial charge in [0.2, 0.25) is 0 Å². The number of hydrogen-bond acceptors (Lipinski definition) is 2. The molecule has 0 bridgehead atoms. The molecule has 2 nitrogen and oxygen atoms in total. The second-order valence-corrected chi connectivity index (χ2v) is 5.33. The van der Waals surface area contributed by atoms with Crippen molar-refractivity contribution in [3.63, 3.8) is 0 Å². The van der Waals surface area contributed by atoms with E-state index in [2.05, 4.69) is 73.8 Å². The Morgan fingerprint density at radius 3 is 2.33 bits per heavy atom. The van der Waals surface area contributed by atoms with Crippen LogP contribution in [0.3, 0.4) is 0 Å². The number of hydrogen-bond donors (Lipinski definition) is 1. The molecule has 21 heavy (non-hydrogen) atoms. The van der Waals surface area contributed by atoms with Crippen LogP contribution < -0.4 is 5.32 Å². The molecule has 2 atom stereocenters. The van der Waals surface area contributed by atoms with Gasteiger partial charge in [0, 0.05) is 6.04 Å². The van der Waals surface area contributed by atoms with Crippen LogP contribution in [0.5, 0.6) is 0 Å². The molecule has 0 fully saturated rings. The van der Waals surface area contributed by atoms with Gasteiger partial charge in [0.05, 0.1) is 18.5 Å². The van der Waals surface area contributed by atoms with Gasteiger partial charge >= 0.3 is 0 Å². The van der Waals surface area contributed by atoms with Gasteiger partial charge < -0.3 is 5.32 Å². The third-order valence-corrected chi connectivity index (χ3v) is 3.87. The molecular formula is C19H22N2. The van der Waals surface area contributed by atoms with Gasteiger partial charge in [0.1, 0.15) is 0 Å². The number of nitrogens with one attached hydrogen (secondary N) is 1. The van der Waals surface area contributed by atoms with Crippen LogP contribution in [0.2, 0.25) is 0 Å². The first-order valence-corrected chi connectivity index (χ1v) is 7.49. The molecule has 2 aromatic carbocycles. The third-order valence-electron chi connectivity index (χ3n) is 3.87. The lowest BCUT2D eigenvalue weighted by Gasteiger charge is -2.26. The normalized spacial score (nSPS) is 13.4. The minimum Gasteiger partial charge on any atom is -0.302 e. The van der Waals surface area contributed by atoms with Gasteiger partial charge in [-0.2, -0.15) is 5.26 Å². The molecule has 0 heterocycles. The molecule has 0 saturated carbocycles. The Morgan fingerprint density at radius 1 is 1.05 bits per heavy atom. The van der Waals surface area contributed by atoms with Crippen LogP contribution >= 0.6 is 0 Å². The molecule has 0 aliphatic rings. The van der Waals surface area contributed by atoms with E-state index in [1.807, 2.05) is 6.07 Å². The number of nitrogens with zero attached hydrogens (tertiary/aromatic N) is 1. The summed E-state index contributed by atoms with van der Waals surface area (Å²) in [6.45, 7) is 4.26. The van der Waals surface area contributed by atoms with E-state index >= 15 is 0 Å². The molecule has 0 aromatic heterocycles. The summed E-state index contributed by atoms with van der Waals surface area (Å²) in [5.41, 5.74) is 3.79. The van der Waals surface area contributed by atoms with Gasteiger partial charge in [-0.1, -0.05) is 61.5 Å². The molecule has 0 radical (unpaired) electrons. The molecule has 2 aromatic rings. The van der Waals surface area contributed by atoms with Gasteiger partial charge in [0.15, 0.2) is 0 Å². The number of benzene rings is 2. The molecule has 0 amide bonds. The fourth-order valence-corrected chi connectivity index (χ4v) is 2.59. The van der Waals surface area contributed by atoms with Crippen LogP contribution in [0.15, 0.2) is 54.6 Å². The van der Waals surface area contributed by atoms with E-state index in [0.717, 1.165) is 6.42 Å². The highest BCUT2D eigenvalue weighted by Crippen LogP contribution is 2.26. The maximum Gasteiger partial charge on any atom is 0.0638 e. The average Bonchev–Trinajstić information content (AvgIpc) is 2.53. The van der Waals surface area contributed by atoms with E-state index in [1.165, 1.54) is 16.7 Å². The van der Waals surface area contributed by atoms with Crippen molar-refractivity contribution in [1.29, 1.82) is 5.26 Å². The molecular weight excluding hydrogens is 256 g/mol. The Morgan fingerprint density at radius 2 is 1.71 bits per heavy atom. The summed E-state index contributed by atoms with van der Waals surface area (Å²) in [7, 11) is 0. The Labute approximate surface area is 127 Å². The average molecular weight is 278 g/mol. The van der Waals surface area contributed by atoms with Crippen molar-refractivity contribution >= 4 is 0 Å². The molecule has 0 spiro atoms. The maximum atomic E-state index is 8.99. The zero-order chi connectivity index (χ0) is 15.1. The Bertz CT molecular complexity index is 598. The van der Waals surface area contributed by atoms with Crippen LogP contribution in [0.4, 0.5) is 0 Å². The number of nitriles is 1. The van der Waals surface area contributed by atoms with E-state index in [0.29, 0.717) is 6.42 Å². The molecule has 0 aliphatic carbocycles. The lowest BCUT2D eigenvalue weighted by Crippen LogP contribution is -2.33. The highest BCUT2D eigenvalue weighted by Gasteiger charge is 2.19. The predicted octanol–water partition coefficient (Wildman–Crippen LogP) is 4.37. The largest absolute Gasteiger partial charge is 0.302 e. The van der Waals surface area contributed by atoms with Crippen LogP contribution in [0.1, 0.15) is 42.5 Å². The molecule has 1 N–H and O–H groups in total. The maximum absolute atomic E-state index is 8.99. The van der Waals surface area contributed by atoms with Crippen molar-refractivity contribution in [1.82, 2.24) is 5.32 Å². The molecule has 2 rings (SSSR count). The first-order valence-electron chi connectivity index (χ1n) is 7.49. The summed E-state index contributed by atoms with van der Waals surface area (Å²) < 4.78 is 0. The van der Waals surface area contributed by atoms with Crippen molar-refractivity contribution in [3.8, 4) is 6.07 Å². The quantitative estimate of drug-likeness (QED) is 0.852. The summed E-state index contributed by atoms with van der Waals surface area (Å²) in [4.78, 5) is 0. The van der Waals surface area contributed by atoms with Gasteiger partial charge in [-0.05, 0) is 30.0 Å². The first kappa shape index (κ1) is 15.3. The summed E-state index contributed by atoms with van der Waals surface area (Å²) in [6, 6.07) is 21.5. The highest BCUT2D eigenvalue weighted by atomic mass is 14.9. The van der Waals surface area contributed by atoms with Crippen molar-refractivity contribution in [2.24, 2.45) is 0 Å². The fourth-order valence-electron chi connectivity index (χ4n) is 2.59. The van der Waals surface area contributed by atoms with Crippen molar-refractivity contribution in [2.75, 3.05) is 0 Å². The summed E-state index contributed by atoms with van der Waals surface area (Å²) in [5, 5.41) is 12.6. The number of aryl methyl sites for hydroxylation is 1. The standard InChI is InChI=1S/C19H22N2/c1-3-17(13-14-20)21-19(16-10-5-4-6-11-16)18-12-8-7-9-15(18)2/h4-12,17,19,21H,3,13H2,1-2H3. The van der Waals surface area contributed by atoms with Gasteiger partial charge in [-0.25, -0.2) is 0 Å². The monoisotopic (exact) mass is 278 g/mol. The minimum absolute atomic E-state index is 0.130. The van der Waals surface area contributed by atoms with Crippen LogP contribution in [0, 0.1) is 18.3 Å². The van der Waals surface area contributed by atoms with E-state index in [-0.39, 0.29) is 12.1 Å². The number of rotatable bonds is 6. The fraction of sp³-hybridized carbons (Fsp3) is 0.316. The first-order chi connectivity index (χ1) is 10.3. The van der Waals surface area contributed by atoms with E-state index in [1.54, 1.807) is 0 Å². The van der Waals surface area contributed by atoms with Crippen LogP contribution in [0.25, 0.3) is 0 Å². The zero-order valence-electron chi connectivity index (χ0n) is 12.7. The van der Waals surface area contributed by atoms with Crippen LogP contribution in [-0.4, -0.2) is 6.04 Å². The van der Waals surface area contributed by atoms with E-state index < -0.39 is 0 Å². The molecule has 108 valence electrons. The topological polar surface area (TPSA) is 35.8 Å². The summed E-state index contributed by atoms with van der Waals surface area (Å²) in [6.07, 6.45) is 1.48.